The lowest BCUT2D eigenvalue weighted by molar-refractivity contribution is -0.132. The minimum Gasteiger partial charge on any atom is -0.356 e. The van der Waals surface area contributed by atoms with Gasteiger partial charge in [-0.05, 0) is 39.3 Å². The molecule has 1 fully saturated rings. The summed E-state index contributed by atoms with van der Waals surface area (Å²) < 4.78 is 2.11. The first-order chi connectivity index (χ1) is 12.3. The Hall–Kier alpha value is -2.37. The number of fused-ring (bicyclic) bond motifs is 1. The number of amides is 2. The van der Waals surface area contributed by atoms with Crippen molar-refractivity contribution in [1.29, 1.82) is 0 Å². The van der Waals surface area contributed by atoms with Crippen LogP contribution in [0.4, 0.5) is 0 Å². The average Bonchev–Trinajstić information content (AvgIpc) is 3.13. The maximum absolute atomic E-state index is 12.4. The summed E-state index contributed by atoms with van der Waals surface area (Å²) in [6.45, 7) is 7.12. The van der Waals surface area contributed by atoms with E-state index in [0.717, 1.165) is 29.7 Å². The van der Waals surface area contributed by atoms with Crippen LogP contribution in [0, 0.1) is 5.92 Å². The summed E-state index contributed by atoms with van der Waals surface area (Å²) >= 11 is 0. The molecular weight excluding hydrogens is 328 g/mol. The molecular formula is C20H28N4O2. The second-order valence-corrected chi connectivity index (χ2v) is 8.05. The zero-order chi connectivity index (χ0) is 18.9. The van der Waals surface area contributed by atoms with Crippen LogP contribution in [0.3, 0.4) is 0 Å². The van der Waals surface area contributed by atoms with Crippen molar-refractivity contribution >= 4 is 22.8 Å². The van der Waals surface area contributed by atoms with Crippen molar-refractivity contribution < 1.29 is 9.59 Å². The largest absolute Gasteiger partial charge is 0.356 e. The van der Waals surface area contributed by atoms with E-state index >= 15 is 0 Å². The Labute approximate surface area is 154 Å². The van der Waals surface area contributed by atoms with Gasteiger partial charge in [0.1, 0.15) is 5.82 Å². The van der Waals surface area contributed by atoms with E-state index in [2.05, 4.69) is 20.9 Å². The third-order valence-electron chi connectivity index (χ3n) is 5.06. The van der Waals surface area contributed by atoms with Crippen molar-refractivity contribution in [3.8, 4) is 0 Å². The lowest BCUT2D eigenvalue weighted by Gasteiger charge is -2.31. The molecule has 0 radical (unpaired) electrons. The predicted molar refractivity (Wildman–Crippen MR) is 102 cm³/mol. The minimum atomic E-state index is -0.238. The van der Waals surface area contributed by atoms with Crippen molar-refractivity contribution in [2.75, 3.05) is 13.1 Å². The first-order valence-electron chi connectivity index (χ1n) is 9.26. The van der Waals surface area contributed by atoms with Gasteiger partial charge in [0.2, 0.25) is 11.8 Å². The smallest absolute Gasteiger partial charge is 0.225 e. The van der Waals surface area contributed by atoms with E-state index in [1.54, 1.807) is 4.90 Å². The van der Waals surface area contributed by atoms with Gasteiger partial charge in [-0.3, -0.25) is 9.59 Å². The van der Waals surface area contributed by atoms with Crippen LogP contribution in [0.1, 0.15) is 39.4 Å². The molecule has 3 rings (SSSR count). The number of benzene rings is 1. The van der Waals surface area contributed by atoms with Crippen LogP contribution in [-0.4, -0.2) is 44.9 Å². The second-order valence-electron chi connectivity index (χ2n) is 8.05. The molecule has 6 heteroatoms. The van der Waals surface area contributed by atoms with E-state index in [1.807, 2.05) is 46.0 Å². The molecule has 0 bridgehead atoms. The molecule has 1 aliphatic heterocycles. The number of para-hydroxylation sites is 2. The van der Waals surface area contributed by atoms with Crippen molar-refractivity contribution in [3.05, 3.63) is 30.1 Å². The van der Waals surface area contributed by atoms with Gasteiger partial charge in [-0.2, -0.15) is 0 Å². The Balaban J connectivity index is 1.48. The second kappa shape index (κ2) is 7.09. The normalized spacial score (nSPS) is 17.9. The summed E-state index contributed by atoms with van der Waals surface area (Å²) in [6, 6.07) is 8.07. The van der Waals surface area contributed by atoms with Gasteiger partial charge in [0.05, 0.1) is 17.0 Å². The Morgan fingerprint density at radius 2 is 2.04 bits per heavy atom. The molecule has 1 saturated heterocycles. The Morgan fingerprint density at radius 1 is 1.31 bits per heavy atom. The predicted octanol–water partition coefficient (Wildman–Crippen LogP) is 2.27. The molecule has 2 aromatic rings. The van der Waals surface area contributed by atoms with Crippen molar-refractivity contribution in [1.82, 2.24) is 19.8 Å². The first kappa shape index (κ1) is 18.4. The topological polar surface area (TPSA) is 67.2 Å². The van der Waals surface area contributed by atoms with Gasteiger partial charge in [0.15, 0.2) is 0 Å². The first-order valence-corrected chi connectivity index (χ1v) is 9.26. The maximum atomic E-state index is 12.4. The molecule has 2 amide bonds. The van der Waals surface area contributed by atoms with Crippen LogP contribution in [0.25, 0.3) is 11.0 Å². The quantitative estimate of drug-likeness (QED) is 0.836. The zero-order valence-corrected chi connectivity index (χ0v) is 16.1. The zero-order valence-electron chi connectivity index (χ0n) is 16.1. The molecule has 0 aliphatic carbocycles. The standard InChI is InChI=1S/C20H28N4O2/c1-20(2,3)24-13-14(12-18(24)25)19(26)21-11-7-10-17-22-15-8-5-6-9-16(15)23(17)4/h5-6,8-9,14H,7,10-13H2,1-4H3,(H,21,26)/t14-/m1/s1. The molecule has 0 saturated carbocycles. The highest BCUT2D eigenvalue weighted by Gasteiger charge is 2.39. The van der Waals surface area contributed by atoms with E-state index in [1.165, 1.54) is 0 Å². The van der Waals surface area contributed by atoms with Crippen LogP contribution in [0.2, 0.25) is 0 Å². The monoisotopic (exact) mass is 356 g/mol. The fourth-order valence-electron chi connectivity index (χ4n) is 3.55. The lowest BCUT2D eigenvalue weighted by Crippen LogP contribution is -2.43. The molecule has 1 aromatic carbocycles. The summed E-state index contributed by atoms with van der Waals surface area (Å²) in [4.78, 5) is 30.9. The number of likely N-dealkylation sites (tertiary alicyclic amines) is 1. The van der Waals surface area contributed by atoms with Crippen LogP contribution in [0.5, 0.6) is 0 Å². The number of carbonyl (C=O) groups is 2. The summed E-state index contributed by atoms with van der Waals surface area (Å²) in [5.41, 5.74) is 1.89. The lowest BCUT2D eigenvalue weighted by atomic mass is 10.1. The highest BCUT2D eigenvalue weighted by Crippen LogP contribution is 2.25. The molecule has 1 N–H and O–H groups in total. The molecule has 2 heterocycles. The number of hydrogen-bond donors (Lipinski definition) is 1. The summed E-state index contributed by atoms with van der Waals surface area (Å²) in [5, 5.41) is 2.99. The van der Waals surface area contributed by atoms with E-state index in [4.69, 9.17) is 0 Å². The van der Waals surface area contributed by atoms with Gasteiger partial charge in [-0.15, -0.1) is 0 Å². The summed E-state index contributed by atoms with van der Waals surface area (Å²) in [5.74, 6) is 0.834. The fraction of sp³-hybridized carbons (Fsp3) is 0.550. The highest BCUT2D eigenvalue weighted by atomic mass is 16.2. The number of carbonyl (C=O) groups excluding carboxylic acids is 2. The molecule has 1 aliphatic rings. The van der Waals surface area contributed by atoms with Crippen molar-refractivity contribution in [3.63, 3.8) is 0 Å². The highest BCUT2D eigenvalue weighted by molar-refractivity contribution is 5.89. The molecule has 0 unspecified atom stereocenters. The van der Waals surface area contributed by atoms with Crippen LogP contribution in [-0.2, 0) is 23.1 Å². The number of aromatic nitrogens is 2. The van der Waals surface area contributed by atoms with E-state index in [-0.39, 0.29) is 23.3 Å². The van der Waals surface area contributed by atoms with Crippen LogP contribution in [0.15, 0.2) is 24.3 Å². The van der Waals surface area contributed by atoms with E-state index < -0.39 is 0 Å². The Morgan fingerprint density at radius 3 is 2.69 bits per heavy atom. The number of hydrogen-bond acceptors (Lipinski definition) is 3. The molecule has 1 aromatic heterocycles. The Bertz CT molecular complexity index is 819. The molecule has 1 atom stereocenters. The van der Waals surface area contributed by atoms with Crippen LogP contribution >= 0.6 is 0 Å². The number of aryl methyl sites for hydroxylation is 2. The van der Waals surface area contributed by atoms with Gasteiger partial charge >= 0.3 is 0 Å². The third-order valence-corrected chi connectivity index (χ3v) is 5.06. The number of rotatable bonds is 5. The van der Waals surface area contributed by atoms with Gasteiger partial charge < -0.3 is 14.8 Å². The minimum absolute atomic E-state index is 0.0184. The third kappa shape index (κ3) is 3.74. The van der Waals surface area contributed by atoms with Gasteiger partial charge in [-0.1, -0.05) is 12.1 Å². The molecule has 140 valence electrons. The van der Waals surface area contributed by atoms with E-state index in [9.17, 15) is 9.59 Å². The van der Waals surface area contributed by atoms with Crippen molar-refractivity contribution in [2.45, 2.75) is 45.6 Å². The number of nitrogens with zero attached hydrogens (tertiary/aromatic N) is 3. The molecule has 0 spiro atoms. The number of nitrogens with one attached hydrogen (secondary N) is 1. The van der Waals surface area contributed by atoms with Gasteiger partial charge in [-0.25, -0.2) is 4.98 Å². The average molecular weight is 356 g/mol. The van der Waals surface area contributed by atoms with Gasteiger partial charge in [0.25, 0.3) is 0 Å². The van der Waals surface area contributed by atoms with Crippen LogP contribution < -0.4 is 5.32 Å². The van der Waals surface area contributed by atoms with Crippen molar-refractivity contribution in [2.24, 2.45) is 13.0 Å². The fourth-order valence-corrected chi connectivity index (χ4v) is 3.55. The maximum Gasteiger partial charge on any atom is 0.225 e. The molecule has 6 nitrogen and oxygen atoms in total. The Kier molecular flexibility index (Phi) is 5.03. The number of imidazole rings is 1. The molecule has 26 heavy (non-hydrogen) atoms. The summed E-state index contributed by atoms with van der Waals surface area (Å²) in [6.07, 6.45) is 1.95. The SMILES string of the molecule is Cn1c(CCCNC(=O)[C@@H]2CC(=O)N(C(C)(C)C)C2)nc2ccccc21. The van der Waals surface area contributed by atoms with E-state index in [0.29, 0.717) is 19.5 Å². The summed E-state index contributed by atoms with van der Waals surface area (Å²) in [7, 11) is 2.02. The van der Waals surface area contributed by atoms with Gasteiger partial charge in [0, 0.05) is 38.5 Å².